The number of morpholine rings is 1. The van der Waals surface area contributed by atoms with Crippen LogP contribution in [0.2, 0.25) is 0 Å². The molecule has 2 heterocycles. The molecule has 0 aromatic heterocycles. The van der Waals surface area contributed by atoms with E-state index in [-0.39, 0.29) is 12.0 Å². The third-order valence-corrected chi connectivity index (χ3v) is 4.74. The van der Waals surface area contributed by atoms with Gasteiger partial charge in [-0.15, -0.1) is 0 Å². The van der Waals surface area contributed by atoms with Crippen molar-refractivity contribution < 1.29 is 9.53 Å². The number of amides is 1. The molecule has 2 N–H and O–H groups in total. The van der Waals surface area contributed by atoms with Crippen molar-refractivity contribution in [3.63, 3.8) is 0 Å². The SMILES string of the molecule is O=C(NCC1CCN(c2cccc(Br)c2)C1)C1CNCCO1. The summed E-state index contributed by atoms with van der Waals surface area (Å²) < 4.78 is 6.57. The standard InChI is InChI=1S/C16H22BrN3O2/c17-13-2-1-3-14(8-13)20-6-4-12(11-20)9-19-16(21)15-10-18-5-7-22-15/h1-3,8,12,15,18H,4-7,9-11H2,(H,19,21). The van der Waals surface area contributed by atoms with E-state index < -0.39 is 0 Å². The number of benzene rings is 1. The summed E-state index contributed by atoms with van der Waals surface area (Å²) in [4.78, 5) is 14.4. The monoisotopic (exact) mass is 367 g/mol. The average Bonchev–Trinajstić information content (AvgIpc) is 3.02. The largest absolute Gasteiger partial charge is 0.371 e. The Hall–Kier alpha value is -1.11. The van der Waals surface area contributed by atoms with E-state index in [1.165, 1.54) is 5.69 Å². The molecule has 2 saturated heterocycles. The maximum Gasteiger partial charge on any atom is 0.250 e. The molecule has 0 bridgehead atoms. The zero-order valence-corrected chi connectivity index (χ0v) is 14.1. The molecule has 1 aromatic rings. The lowest BCUT2D eigenvalue weighted by atomic mass is 10.1. The van der Waals surface area contributed by atoms with Crippen LogP contribution in [0.4, 0.5) is 5.69 Å². The number of hydrogen-bond donors (Lipinski definition) is 2. The third kappa shape index (κ3) is 4.00. The first-order chi connectivity index (χ1) is 10.7. The molecule has 2 aliphatic rings. The second-order valence-corrected chi connectivity index (χ2v) is 6.80. The molecule has 2 unspecified atom stereocenters. The molecule has 1 aromatic carbocycles. The molecule has 1 amide bonds. The highest BCUT2D eigenvalue weighted by molar-refractivity contribution is 9.10. The predicted molar refractivity (Wildman–Crippen MR) is 90.1 cm³/mol. The minimum absolute atomic E-state index is 0.00751. The number of hydrogen-bond acceptors (Lipinski definition) is 4. The van der Waals surface area contributed by atoms with E-state index >= 15 is 0 Å². The fourth-order valence-electron chi connectivity index (χ4n) is 3.00. The molecule has 0 saturated carbocycles. The highest BCUT2D eigenvalue weighted by Crippen LogP contribution is 2.25. The van der Waals surface area contributed by atoms with Crippen molar-refractivity contribution in [1.29, 1.82) is 0 Å². The van der Waals surface area contributed by atoms with Crippen molar-refractivity contribution in [3.8, 4) is 0 Å². The van der Waals surface area contributed by atoms with Gasteiger partial charge in [0.25, 0.3) is 0 Å². The fraction of sp³-hybridized carbons (Fsp3) is 0.562. The summed E-state index contributed by atoms with van der Waals surface area (Å²) in [6, 6.07) is 8.37. The maximum atomic E-state index is 12.1. The highest BCUT2D eigenvalue weighted by Gasteiger charge is 2.26. The van der Waals surface area contributed by atoms with Crippen LogP contribution in [-0.4, -0.2) is 51.3 Å². The van der Waals surface area contributed by atoms with Crippen molar-refractivity contribution >= 4 is 27.5 Å². The van der Waals surface area contributed by atoms with Gasteiger partial charge in [-0.1, -0.05) is 22.0 Å². The summed E-state index contributed by atoms with van der Waals surface area (Å²) in [5, 5.41) is 6.22. The Labute approximate surface area is 139 Å². The van der Waals surface area contributed by atoms with E-state index in [0.29, 0.717) is 19.1 Å². The number of nitrogens with one attached hydrogen (secondary N) is 2. The van der Waals surface area contributed by atoms with Gasteiger partial charge in [0.15, 0.2) is 0 Å². The quantitative estimate of drug-likeness (QED) is 0.843. The van der Waals surface area contributed by atoms with Gasteiger partial charge in [-0.2, -0.15) is 0 Å². The van der Waals surface area contributed by atoms with Gasteiger partial charge in [-0.3, -0.25) is 4.79 Å². The van der Waals surface area contributed by atoms with E-state index in [1.54, 1.807) is 0 Å². The van der Waals surface area contributed by atoms with Gasteiger partial charge in [-0.25, -0.2) is 0 Å². The maximum absolute atomic E-state index is 12.1. The summed E-state index contributed by atoms with van der Waals surface area (Å²) in [7, 11) is 0. The zero-order valence-electron chi connectivity index (χ0n) is 12.6. The second kappa shape index (κ2) is 7.44. The molecule has 0 aliphatic carbocycles. The van der Waals surface area contributed by atoms with Crippen molar-refractivity contribution in [3.05, 3.63) is 28.7 Å². The first-order valence-corrected chi connectivity index (χ1v) is 8.62. The summed E-state index contributed by atoms with van der Waals surface area (Å²) in [6.07, 6.45) is 0.771. The molecule has 2 atom stereocenters. The zero-order chi connectivity index (χ0) is 15.4. The van der Waals surface area contributed by atoms with Gasteiger partial charge >= 0.3 is 0 Å². The van der Waals surface area contributed by atoms with Gasteiger partial charge in [0.05, 0.1) is 6.61 Å². The first kappa shape index (κ1) is 15.8. The lowest BCUT2D eigenvalue weighted by Crippen LogP contribution is -2.48. The van der Waals surface area contributed by atoms with Gasteiger partial charge in [-0.05, 0) is 30.5 Å². The van der Waals surface area contributed by atoms with Crippen LogP contribution in [0.25, 0.3) is 0 Å². The summed E-state index contributed by atoms with van der Waals surface area (Å²) in [5.41, 5.74) is 1.24. The van der Waals surface area contributed by atoms with Crippen LogP contribution in [0.15, 0.2) is 28.7 Å². The Balaban J connectivity index is 1.46. The Morgan fingerprint density at radius 1 is 1.50 bits per heavy atom. The molecule has 0 spiro atoms. The summed E-state index contributed by atoms with van der Waals surface area (Å²) >= 11 is 3.51. The van der Waals surface area contributed by atoms with Crippen molar-refractivity contribution in [2.75, 3.05) is 44.2 Å². The Kier molecular flexibility index (Phi) is 5.33. The number of nitrogens with zero attached hydrogens (tertiary/aromatic N) is 1. The highest BCUT2D eigenvalue weighted by atomic mass is 79.9. The van der Waals surface area contributed by atoms with Crippen LogP contribution in [0, 0.1) is 5.92 Å². The molecule has 120 valence electrons. The van der Waals surface area contributed by atoms with Gasteiger partial charge < -0.3 is 20.3 Å². The lowest BCUT2D eigenvalue weighted by Gasteiger charge is -2.23. The minimum atomic E-state index is -0.337. The van der Waals surface area contributed by atoms with Crippen LogP contribution >= 0.6 is 15.9 Å². The third-order valence-electron chi connectivity index (χ3n) is 4.24. The molecular weight excluding hydrogens is 346 g/mol. The van der Waals surface area contributed by atoms with Gasteiger partial charge in [0.2, 0.25) is 5.91 Å². The second-order valence-electron chi connectivity index (χ2n) is 5.89. The van der Waals surface area contributed by atoms with Gasteiger partial charge in [0, 0.05) is 42.9 Å². The predicted octanol–water partition coefficient (Wildman–Crippen LogP) is 1.38. The number of carbonyl (C=O) groups is 1. The van der Waals surface area contributed by atoms with Crippen LogP contribution in [0.1, 0.15) is 6.42 Å². The number of rotatable bonds is 4. The van der Waals surface area contributed by atoms with Crippen LogP contribution in [0.3, 0.4) is 0 Å². The van der Waals surface area contributed by atoms with Crippen LogP contribution in [-0.2, 0) is 9.53 Å². The molecule has 5 nitrogen and oxygen atoms in total. The topological polar surface area (TPSA) is 53.6 Å². The number of carbonyl (C=O) groups excluding carboxylic acids is 1. The minimum Gasteiger partial charge on any atom is -0.371 e. The molecule has 2 fully saturated rings. The van der Waals surface area contributed by atoms with Crippen LogP contribution in [0.5, 0.6) is 0 Å². The molecular formula is C16H22BrN3O2. The molecule has 6 heteroatoms. The number of anilines is 1. The molecule has 22 heavy (non-hydrogen) atoms. The van der Waals surface area contributed by atoms with Crippen molar-refractivity contribution in [1.82, 2.24) is 10.6 Å². The summed E-state index contributed by atoms with van der Waals surface area (Å²) in [5.74, 6) is 0.507. The van der Waals surface area contributed by atoms with E-state index in [0.717, 1.165) is 37.1 Å². The van der Waals surface area contributed by atoms with E-state index in [2.05, 4.69) is 49.7 Å². The van der Waals surface area contributed by atoms with E-state index in [4.69, 9.17) is 4.74 Å². The molecule has 0 radical (unpaired) electrons. The Morgan fingerprint density at radius 3 is 3.18 bits per heavy atom. The molecule has 3 rings (SSSR count). The number of halogens is 1. The smallest absolute Gasteiger partial charge is 0.250 e. The molecule has 2 aliphatic heterocycles. The van der Waals surface area contributed by atoms with Crippen molar-refractivity contribution in [2.45, 2.75) is 12.5 Å². The van der Waals surface area contributed by atoms with E-state index in [9.17, 15) is 4.79 Å². The first-order valence-electron chi connectivity index (χ1n) is 7.83. The fourth-order valence-corrected chi connectivity index (χ4v) is 3.39. The van der Waals surface area contributed by atoms with E-state index in [1.807, 2.05) is 6.07 Å². The number of ether oxygens (including phenoxy) is 1. The Bertz CT molecular complexity index is 520. The lowest BCUT2D eigenvalue weighted by molar-refractivity contribution is -0.134. The van der Waals surface area contributed by atoms with Crippen LogP contribution < -0.4 is 15.5 Å². The Morgan fingerprint density at radius 2 is 2.41 bits per heavy atom. The average molecular weight is 368 g/mol. The van der Waals surface area contributed by atoms with Crippen molar-refractivity contribution in [2.24, 2.45) is 5.92 Å². The van der Waals surface area contributed by atoms with Gasteiger partial charge in [0.1, 0.15) is 6.10 Å². The summed E-state index contributed by atoms with van der Waals surface area (Å²) in [6.45, 7) is 4.80. The normalized spacial score (nSPS) is 25.2.